The molecule has 1 amide bonds. The summed E-state index contributed by atoms with van der Waals surface area (Å²) in [5.74, 6) is -3.45. The van der Waals surface area contributed by atoms with Gasteiger partial charge >= 0.3 is 0 Å². The van der Waals surface area contributed by atoms with Crippen molar-refractivity contribution in [2.45, 2.75) is 25.7 Å². The molecular weight excluding hydrogens is 460 g/mol. The molecule has 0 aliphatic carbocycles. The van der Waals surface area contributed by atoms with Gasteiger partial charge in [-0.1, -0.05) is 0 Å². The molecular formula is C17H16F3IN4O. The third kappa shape index (κ3) is 4.43. The van der Waals surface area contributed by atoms with Gasteiger partial charge in [0.2, 0.25) is 5.95 Å². The van der Waals surface area contributed by atoms with E-state index in [1.807, 2.05) is 22.6 Å². The lowest BCUT2D eigenvalue weighted by Crippen LogP contribution is -2.40. The van der Waals surface area contributed by atoms with E-state index in [0.29, 0.717) is 9.26 Å². The largest absolute Gasteiger partial charge is 0.340 e. The number of piperidine rings is 1. The van der Waals surface area contributed by atoms with Crippen molar-refractivity contribution in [2.75, 3.05) is 23.3 Å². The molecule has 1 aliphatic rings. The molecule has 0 spiro atoms. The van der Waals surface area contributed by atoms with Gasteiger partial charge in [-0.3, -0.25) is 4.79 Å². The number of hydrogen-bond donors (Lipinski definition) is 1. The van der Waals surface area contributed by atoms with E-state index in [1.54, 1.807) is 24.0 Å². The number of alkyl halides is 2. The highest BCUT2D eigenvalue weighted by Crippen LogP contribution is 2.29. The number of anilines is 2. The van der Waals surface area contributed by atoms with Gasteiger partial charge in [0, 0.05) is 41.3 Å². The number of amides is 1. The van der Waals surface area contributed by atoms with E-state index >= 15 is 0 Å². The Bertz CT molecular complexity index is 837. The molecule has 1 fully saturated rings. The molecule has 26 heavy (non-hydrogen) atoms. The zero-order valence-electron chi connectivity index (χ0n) is 13.9. The fraction of sp³-hybridized carbons (Fsp3) is 0.353. The van der Waals surface area contributed by atoms with Crippen molar-refractivity contribution in [3.63, 3.8) is 0 Å². The second-order valence-corrected chi connectivity index (χ2v) is 7.36. The van der Waals surface area contributed by atoms with Gasteiger partial charge in [0.05, 0.1) is 5.56 Å². The standard InChI is InChI=1S/C17H16F3IN4O/c1-10-8-14(23-15(26)12-3-2-11(21)9-13(12)18)24-16(22-10)25-6-4-17(19,20)5-7-25/h2-3,8-9H,4-7H2,1H3,(H,22,23,24,26). The maximum Gasteiger partial charge on any atom is 0.259 e. The monoisotopic (exact) mass is 476 g/mol. The van der Waals surface area contributed by atoms with Crippen LogP contribution in [0, 0.1) is 16.3 Å². The highest BCUT2D eigenvalue weighted by molar-refractivity contribution is 14.1. The van der Waals surface area contributed by atoms with Gasteiger partial charge in [0.25, 0.3) is 11.8 Å². The van der Waals surface area contributed by atoms with Crippen molar-refractivity contribution < 1.29 is 18.0 Å². The van der Waals surface area contributed by atoms with Crippen LogP contribution in [0.2, 0.25) is 0 Å². The molecule has 5 nitrogen and oxygen atoms in total. The Morgan fingerprint density at radius 1 is 1.23 bits per heavy atom. The fourth-order valence-corrected chi connectivity index (χ4v) is 3.10. The van der Waals surface area contributed by atoms with Crippen LogP contribution in [0.5, 0.6) is 0 Å². The van der Waals surface area contributed by atoms with Crippen LogP contribution >= 0.6 is 22.6 Å². The average molecular weight is 476 g/mol. The molecule has 0 atom stereocenters. The van der Waals surface area contributed by atoms with Crippen molar-refractivity contribution in [3.8, 4) is 0 Å². The summed E-state index contributed by atoms with van der Waals surface area (Å²) in [5, 5.41) is 2.55. The van der Waals surface area contributed by atoms with Crippen LogP contribution in [0.1, 0.15) is 28.9 Å². The van der Waals surface area contributed by atoms with Gasteiger partial charge in [0.1, 0.15) is 11.6 Å². The highest BCUT2D eigenvalue weighted by Gasteiger charge is 2.34. The van der Waals surface area contributed by atoms with Gasteiger partial charge in [-0.05, 0) is 47.7 Å². The predicted octanol–water partition coefficient (Wildman–Crippen LogP) is 4.02. The van der Waals surface area contributed by atoms with Crippen molar-refractivity contribution in [2.24, 2.45) is 0 Å². The summed E-state index contributed by atoms with van der Waals surface area (Å²) in [6.07, 6.45) is -0.528. The molecule has 3 rings (SSSR count). The number of carbonyl (C=O) groups excluding carboxylic acids is 1. The lowest BCUT2D eigenvalue weighted by Gasteiger charge is -2.31. The third-order valence-corrected chi connectivity index (χ3v) is 4.71. The Morgan fingerprint density at radius 3 is 2.58 bits per heavy atom. The maximum absolute atomic E-state index is 13.9. The van der Waals surface area contributed by atoms with Gasteiger partial charge in [-0.2, -0.15) is 4.98 Å². The number of nitrogens with zero attached hydrogens (tertiary/aromatic N) is 3. The van der Waals surface area contributed by atoms with Crippen molar-refractivity contribution in [1.82, 2.24) is 9.97 Å². The fourth-order valence-electron chi connectivity index (χ4n) is 2.65. The van der Waals surface area contributed by atoms with E-state index in [1.165, 1.54) is 12.1 Å². The number of carbonyl (C=O) groups is 1. The Balaban J connectivity index is 1.78. The van der Waals surface area contributed by atoms with E-state index in [-0.39, 0.29) is 43.3 Å². The van der Waals surface area contributed by atoms with Crippen LogP contribution in [0.4, 0.5) is 24.9 Å². The SMILES string of the molecule is Cc1cc(NC(=O)c2ccc(I)cc2F)nc(N2CCC(F)(F)CC2)n1. The van der Waals surface area contributed by atoms with E-state index in [4.69, 9.17) is 0 Å². The molecule has 1 aliphatic heterocycles. The summed E-state index contributed by atoms with van der Waals surface area (Å²) >= 11 is 1.95. The number of rotatable bonds is 3. The molecule has 0 radical (unpaired) electrons. The van der Waals surface area contributed by atoms with Crippen LogP contribution in [-0.2, 0) is 0 Å². The smallest absolute Gasteiger partial charge is 0.259 e. The number of aromatic nitrogens is 2. The van der Waals surface area contributed by atoms with Gasteiger partial charge in [-0.25, -0.2) is 18.2 Å². The topological polar surface area (TPSA) is 58.1 Å². The normalized spacial score (nSPS) is 16.4. The quantitative estimate of drug-likeness (QED) is 0.681. The summed E-state index contributed by atoms with van der Waals surface area (Å²) in [7, 11) is 0. The minimum absolute atomic E-state index is 0.0964. The molecule has 0 bridgehead atoms. The number of halogens is 4. The predicted molar refractivity (Wildman–Crippen MR) is 100 cm³/mol. The third-order valence-electron chi connectivity index (χ3n) is 4.04. The van der Waals surface area contributed by atoms with Crippen molar-refractivity contribution >= 4 is 40.3 Å². The molecule has 138 valence electrons. The van der Waals surface area contributed by atoms with E-state index < -0.39 is 17.6 Å². The molecule has 2 aromatic rings. The first-order valence-electron chi connectivity index (χ1n) is 7.98. The molecule has 1 N–H and O–H groups in total. The zero-order chi connectivity index (χ0) is 18.9. The first-order chi connectivity index (χ1) is 12.2. The maximum atomic E-state index is 13.9. The van der Waals surface area contributed by atoms with Crippen molar-refractivity contribution in [1.29, 1.82) is 0 Å². The summed E-state index contributed by atoms with van der Waals surface area (Å²) in [4.78, 5) is 22.5. The Kier molecular flexibility index (Phi) is 5.35. The van der Waals surface area contributed by atoms with E-state index in [2.05, 4.69) is 15.3 Å². The second kappa shape index (κ2) is 7.37. The minimum Gasteiger partial charge on any atom is -0.340 e. The molecule has 2 heterocycles. The van der Waals surface area contributed by atoms with Crippen LogP contribution < -0.4 is 10.2 Å². The van der Waals surface area contributed by atoms with Crippen LogP contribution in [0.3, 0.4) is 0 Å². The number of nitrogens with one attached hydrogen (secondary N) is 1. The Labute approximate surface area is 162 Å². The lowest BCUT2D eigenvalue weighted by atomic mass is 10.1. The van der Waals surface area contributed by atoms with Crippen molar-refractivity contribution in [3.05, 3.63) is 44.9 Å². The minimum atomic E-state index is -2.67. The highest BCUT2D eigenvalue weighted by atomic mass is 127. The Morgan fingerprint density at radius 2 is 1.92 bits per heavy atom. The zero-order valence-corrected chi connectivity index (χ0v) is 16.1. The summed E-state index contributed by atoms with van der Waals surface area (Å²) in [6, 6.07) is 5.84. The molecule has 1 saturated heterocycles. The summed E-state index contributed by atoms with van der Waals surface area (Å²) in [6.45, 7) is 1.98. The van der Waals surface area contributed by atoms with E-state index in [9.17, 15) is 18.0 Å². The van der Waals surface area contributed by atoms with Gasteiger partial charge in [-0.15, -0.1) is 0 Å². The van der Waals surface area contributed by atoms with Gasteiger partial charge < -0.3 is 10.2 Å². The summed E-state index contributed by atoms with van der Waals surface area (Å²) in [5.41, 5.74) is 0.478. The second-order valence-electron chi connectivity index (χ2n) is 6.12. The number of aryl methyl sites for hydroxylation is 1. The number of hydrogen-bond acceptors (Lipinski definition) is 4. The summed E-state index contributed by atoms with van der Waals surface area (Å²) < 4.78 is 41.3. The Hall–Kier alpha value is -1.91. The van der Waals surface area contributed by atoms with E-state index in [0.717, 1.165) is 0 Å². The molecule has 9 heteroatoms. The molecule has 0 unspecified atom stereocenters. The van der Waals surface area contributed by atoms with Gasteiger partial charge in [0.15, 0.2) is 0 Å². The average Bonchev–Trinajstić information content (AvgIpc) is 2.54. The lowest BCUT2D eigenvalue weighted by molar-refractivity contribution is -0.0222. The first kappa shape index (κ1) is 18.9. The van der Waals surface area contributed by atoms with Crippen LogP contribution in [0.25, 0.3) is 0 Å². The molecule has 0 saturated carbocycles. The molecule has 1 aromatic carbocycles. The molecule has 1 aromatic heterocycles. The first-order valence-corrected chi connectivity index (χ1v) is 9.06. The van der Waals surface area contributed by atoms with Crippen LogP contribution in [0.15, 0.2) is 24.3 Å². The van der Waals surface area contributed by atoms with Crippen LogP contribution in [-0.4, -0.2) is 34.9 Å². The number of benzene rings is 1.